The van der Waals surface area contributed by atoms with Crippen molar-refractivity contribution in [3.05, 3.63) is 131 Å². The van der Waals surface area contributed by atoms with Gasteiger partial charge >= 0.3 is 5.97 Å². The van der Waals surface area contributed by atoms with Crippen molar-refractivity contribution in [2.45, 2.75) is 24.9 Å². The monoisotopic (exact) mass is 481 g/mol. The summed E-state index contributed by atoms with van der Waals surface area (Å²) < 4.78 is 10.9. The number of phenolic OH excluding ortho intramolecular Hbond substituents is 1. The molecule has 0 aliphatic rings. The number of carbonyl (C=O) groups is 1. The van der Waals surface area contributed by atoms with E-state index >= 15 is 0 Å². The largest absolute Gasteiger partial charge is 0.508 e. The molecule has 0 aromatic heterocycles. The van der Waals surface area contributed by atoms with Crippen molar-refractivity contribution in [1.82, 2.24) is 5.32 Å². The van der Waals surface area contributed by atoms with Crippen molar-refractivity contribution in [1.29, 1.82) is 0 Å². The minimum absolute atomic E-state index is 0.181. The van der Waals surface area contributed by atoms with E-state index in [1.807, 2.05) is 72.8 Å². The van der Waals surface area contributed by atoms with Crippen LogP contribution in [-0.2, 0) is 21.5 Å². The predicted molar refractivity (Wildman–Crippen MR) is 141 cm³/mol. The number of methoxy groups -OCH3 is 1. The SMILES string of the molecule is CCOC(=O)[C@H](Cc1ccc(O)cc1)NC(c1ccccc1)(c1ccccc1)c1ccc(OC)cc1. The molecule has 184 valence electrons. The molecular weight excluding hydrogens is 450 g/mol. The van der Waals surface area contributed by atoms with Crippen LogP contribution >= 0.6 is 0 Å². The molecule has 0 radical (unpaired) electrons. The second kappa shape index (κ2) is 11.6. The Hall–Kier alpha value is -4.09. The van der Waals surface area contributed by atoms with Crippen LogP contribution in [0.1, 0.15) is 29.2 Å². The number of nitrogens with one attached hydrogen (secondary N) is 1. The minimum atomic E-state index is -0.858. The van der Waals surface area contributed by atoms with Gasteiger partial charge in [0.05, 0.1) is 19.3 Å². The number of esters is 1. The minimum Gasteiger partial charge on any atom is -0.508 e. The maximum absolute atomic E-state index is 13.3. The number of rotatable bonds is 10. The quantitative estimate of drug-likeness (QED) is 0.233. The summed E-state index contributed by atoms with van der Waals surface area (Å²) in [6, 6.07) is 34.3. The number of hydrogen-bond acceptors (Lipinski definition) is 5. The molecule has 4 aromatic rings. The highest BCUT2D eigenvalue weighted by Crippen LogP contribution is 2.38. The van der Waals surface area contributed by atoms with Crippen LogP contribution in [0.3, 0.4) is 0 Å². The zero-order valence-electron chi connectivity index (χ0n) is 20.6. The molecule has 1 atom stereocenters. The van der Waals surface area contributed by atoms with Gasteiger partial charge in [-0.1, -0.05) is 84.9 Å². The highest BCUT2D eigenvalue weighted by molar-refractivity contribution is 5.77. The standard InChI is InChI=1S/C31H31NO4/c1-3-36-30(34)29(22-23-14-18-27(33)19-15-23)32-31(24-10-6-4-7-11-24,25-12-8-5-9-13-25)26-16-20-28(35-2)21-17-26/h4-21,29,32-33H,3,22H2,1-2H3/t29-/m0/s1. The topological polar surface area (TPSA) is 67.8 Å². The van der Waals surface area contributed by atoms with Crippen molar-refractivity contribution in [3.63, 3.8) is 0 Å². The van der Waals surface area contributed by atoms with Gasteiger partial charge in [0.1, 0.15) is 17.5 Å². The summed E-state index contributed by atoms with van der Waals surface area (Å²) in [7, 11) is 1.64. The summed E-state index contributed by atoms with van der Waals surface area (Å²) in [6.45, 7) is 2.08. The number of hydrogen-bond donors (Lipinski definition) is 2. The molecule has 0 amide bonds. The number of carbonyl (C=O) groups excluding carboxylic acids is 1. The zero-order valence-corrected chi connectivity index (χ0v) is 20.6. The summed E-state index contributed by atoms with van der Waals surface area (Å²) in [5, 5.41) is 13.5. The van der Waals surface area contributed by atoms with E-state index < -0.39 is 11.6 Å². The molecule has 0 spiro atoms. The molecule has 0 saturated heterocycles. The third-order valence-corrected chi connectivity index (χ3v) is 6.27. The molecule has 5 nitrogen and oxygen atoms in total. The van der Waals surface area contributed by atoms with E-state index in [4.69, 9.17) is 9.47 Å². The lowest BCUT2D eigenvalue weighted by Crippen LogP contribution is -2.53. The van der Waals surface area contributed by atoms with E-state index in [-0.39, 0.29) is 18.3 Å². The van der Waals surface area contributed by atoms with Gasteiger partial charge in [-0.2, -0.15) is 0 Å². The maximum Gasteiger partial charge on any atom is 0.323 e. The van der Waals surface area contributed by atoms with Gasteiger partial charge in [-0.25, -0.2) is 0 Å². The van der Waals surface area contributed by atoms with Crippen LogP contribution in [0.25, 0.3) is 0 Å². The average Bonchev–Trinajstić information content (AvgIpc) is 2.93. The van der Waals surface area contributed by atoms with E-state index in [0.717, 1.165) is 28.0 Å². The summed E-state index contributed by atoms with van der Waals surface area (Å²) >= 11 is 0. The van der Waals surface area contributed by atoms with E-state index in [1.165, 1.54) is 0 Å². The van der Waals surface area contributed by atoms with Crippen molar-refractivity contribution in [2.24, 2.45) is 0 Å². The first-order valence-corrected chi connectivity index (χ1v) is 12.0. The molecule has 5 heteroatoms. The highest BCUT2D eigenvalue weighted by Gasteiger charge is 2.40. The van der Waals surface area contributed by atoms with Crippen LogP contribution in [0, 0.1) is 0 Å². The van der Waals surface area contributed by atoms with E-state index in [0.29, 0.717) is 6.42 Å². The highest BCUT2D eigenvalue weighted by atomic mass is 16.5. The molecule has 0 heterocycles. The molecule has 0 bridgehead atoms. The molecule has 4 aromatic carbocycles. The smallest absolute Gasteiger partial charge is 0.323 e. The fourth-order valence-electron chi connectivity index (χ4n) is 4.53. The Labute approximate surface area is 212 Å². The van der Waals surface area contributed by atoms with Crippen LogP contribution in [-0.4, -0.2) is 30.8 Å². The Morgan fingerprint density at radius 3 is 1.83 bits per heavy atom. The lowest BCUT2D eigenvalue weighted by Gasteiger charge is -2.39. The van der Waals surface area contributed by atoms with Gasteiger partial charge < -0.3 is 14.6 Å². The van der Waals surface area contributed by atoms with Crippen LogP contribution in [0.4, 0.5) is 0 Å². The van der Waals surface area contributed by atoms with Gasteiger partial charge in [-0.05, 0) is 59.9 Å². The zero-order chi connectivity index (χ0) is 25.4. The summed E-state index contributed by atoms with van der Waals surface area (Å²) in [6.07, 6.45) is 0.386. The van der Waals surface area contributed by atoms with E-state index in [1.54, 1.807) is 26.2 Å². The second-order valence-corrected chi connectivity index (χ2v) is 8.53. The first-order chi connectivity index (χ1) is 17.6. The first kappa shape index (κ1) is 25.0. The number of phenols is 1. The Bertz CT molecular complexity index is 1200. The normalized spacial score (nSPS) is 12.1. The number of ether oxygens (including phenoxy) is 2. The van der Waals surface area contributed by atoms with Gasteiger partial charge in [0, 0.05) is 0 Å². The molecular formula is C31H31NO4. The third-order valence-electron chi connectivity index (χ3n) is 6.27. The second-order valence-electron chi connectivity index (χ2n) is 8.53. The van der Waals surface area contributed by atoms with Gasteiger partial charge in [-0.3, -0.25) is 10.1 Å². The summed E-state index contributed by atoms with van der Waals surface area (Å²) in [4.78, 5) is 13.3. The number of aromatic hydroxyl groups is 1. The Morgan fingerprint density at radius 2 is 1.33 bits per heavy atom. The molecule has 0 unspecified atom stereocenters. The lowest BCUT2D eigenvalue weighted by molar-refractivity contribution is -0.146. The summed E-state index contributed by atoms with van der Waals surface area (Å²) in [5.74, 6) is 0.593. The Morgan fingerprint density at radius 1 is 0.806 bits per heavy atom. The molecule has 2 N–H and O–H groups in total. The maximum atomic E-state index is 13.3. The fraction of sp³-hybridized carbons (Fsp3) is 0.194. The van der Waals surface area contributed by atoms with Gasteiger partial charge in [0.2, 0.25) is 0 Å². The Balaban J connectivity index is 1.90. The third kappa shape index (κ3) is 5.42. The van der Waals surface area contributed by atoms with Gasteiger partial charge in [0.15, 0.2) is 0 Å². The molecule has 0 aliphatic carbocycles. The van der Waals surface area contributed by atoms with E-state index in [2.05, 4.69) is 29.6 Å². The van der Waals surface area contributed by atoms with Crippen molar-refractivity contribution in [3.8, 4) is 11.5 Å². The van der Waals surface area contributed by atoms with Crippen LogP contribution in [0.5, 0.6) is 11.5 Å². The predicted octanol–water partition coefficient (Wildman–Crippen LogP) is 5.46. The molecule has 0 saturated carbocycles. The van der Waals surface area contributed by atoms with Gasteiger partial charge in [0.25, 0.3) is 0 Å². The van der Waals surface area contributed by atoms with Crippen LogP contribution < -0.4 is 10.1 Å². The van der Waals surface area contributed by atoms with Crippen molar-refractivity contribution < 1.29 is 19.4 Å². The fourth-order valence-corrected chi connectivity index (χ4v) is 4.53. The molecule has 4 rings (SSSR count). The average molecular weight is 482 g/mol. The Kier molecular flexibility index (Phi) is 8.03. The molecule has 0 aliphatic heterocycles. The summed E-state index contributed by atoms with van der Waals surface area (Å²) in [5.41, 5.74) is 2.98. The van der Waals surface area contributed by atoms with Crippen molar-refractivity contribution in [2.75, 3.05) is 13.7 Å². The van der Waals surface area contributed by atoms with E-state index in [9.17, 15) is 9.90 Å². The van der Waals surface area contributed by atoms with Crippen LogP contribution in [0.15, 0.2) is 109 Å². The molecule has 0 fully saturated rings. The first-order valence-electron chi connectivity index (χ1n) is 12.0. The van der Waals surface area contributed by atoms with Crippen LogP contribution in [0.2, 0.25) is 0 Å². The number of benzene rings is 4. The van der Waals surface area contributed by atoms with Gasteiger partial charge in [-0.15, -0.1) is 0 Å². The lowest BCUT2D eigenvalue weighted by atomic mass is 9.76. The molecule has 36 heavy (non-hydrogen) atoms. The van der Waals surface area contributed by atoms with Crippen molar-refractivity contribution >= 4 is 5.97 Å².